The van der Waals surface area contributed by atoms with Gasteiger partial charge in [0.2, 0.25) is 0 Å². The van der Waals surface area contributed by atoms with Crippen LogP contribution in [0.1, 0.15) is 0 Å². The summed E-state index contributed by atoms with van der Waals surface area (Å²) < 4.78 is 68.9. The van der Waals surface area contributed by atoms with Gasteiger partial charge in [0.25, 0.3) is 0 Å². The molecule has 6 aromatic rings. The lowest BCUT2D eigenvalue weighted by Crippen LogP contribution is -2.76. The summed E-state index contributed by atoms with van der Waals surface area (Å²) in [5.74, 6) is -1.76. The van der Waals surface area contributed by atoms with Crippen LogP contribution in [0, 0.1) is 23.3 Å². The van der Waals surface area contributed by atoms with Crippen LogP contribution in [-0.4, -0.2) is 8.72 Å². The lowest BCUT2D eigenvalue weighted by Gasteiger charge is -2.49. The zero-order valence-electron chi connectivity index (χ0n) is 23.7. The van der Waals surface area contributed by atoms with Gasteiger partial charge in [-0.1, -0.05) is 48.5 Å². The molecule has 0 radical (unpaired) electrons. The first-order valence-electron chi connectivity index (χ1n) is 14.4. The number of para-hydroxylation sites is 4. The number of fused-ring (bicyclic) bond motifs is 2. The van der Waals surface area contributed by atoms with Gasteiger partial charge in [0.15, 0.2) is 0 Å². The summed E-state index contributed by atoms with van der Waals surface area (Å²) in [5, 5.41) is 0. The number of anilines is 8. The van der Waals surface area contributed by atoms with E-state index >= 15 is 17.6 Å². The van der Waals surface area contributed by atoms with Gasteiger partial charge < -0.3 is 18.3 Å². The molecule has 0 saturated heterocycles. The first kappa shape index (κ1) is 27.0. The lowest BCUT2D eigenvalue weighted by atomic mass is 10.2. The predicted molar refractivity (Wildman–Crippen MR) is 173 cm³/mol. The number of halogens is 4. The van der Waals surface area contributed by atoms with Crippen LogP contribution in [-0.2, 0) is 0 Å². The standard InChI is InChI=1S/C36H24F4N4Si/c37-25-9-5-13-29(21-25)41-33-17-1-2-18-34(33)42(30-14-6-10-26(38)22-30)45(41)43(31-15-7-11-27(39)23-31)35-19-3-4-20-36(35)44(45)32-16-8-12-28(40)24-32/h1-24H. The molecule has 8 rings (SSSR count). The summed E-state index contributed by atoms with van der Waals surface area (Å²) in [6.07, 6.45) is 0. The van der Waals surface area contributed by atoms with Crippen molar-refractivity contribution in [1.29, 1.82) is 0 Å². The molecular formula is C36H24F4N4Si. The highest BCUT2D eigenvalue weighted by molar-refractivity contribution is 6.99. The molecular weight excluding hydrogens is 593 g/mol. The summed E-state index contributed by atoms with van der Waals surface area (Å²) in [4.78, 5) is 0. The Morgan fingerprint density at radius 2 is 0.556 bits per heavy atom. The van der Waals surface area contributed by atoms with Crippen LogP contribution in [0.4, 0.5) is 63.1 Å². The van der Waals surface area contributed by atoms with E-state index in [1.54, 1.807) is 24.3 Å². The fourth-order valence-corrected chi connectivity index (χ4v) is 11.8. The molecule has 45 heavy (non-hydrogen) atoms. The van der Waals surface area contributed by atoms with E-state index in [1.165, 1.54) is 48.5 Å². The average Bonchev–Trinajstić information content (AvgIpc) is 3.50. The van der Waals surface area contributed by atoms with Gasteiger partial charge in [0.05, 0.1) is 22.7 Å². The van der Waals surface area contributed by atoms with E-state index in [2.05, 4.69) is 18.3 Å². The van der Waals surface area contributed by atoms with Crippen molar-refractivity contribution < 1.29 is 17.6 Å². The fraction of sp³-hybridized carbons (Fsp3) is 0. The quantitative estimate of drug-likeness (QED) is 0.144. The summed E-state index contributed by atoms with van der Waals surface area (Å²) in [5.41, 5.74) is 5.05. The van der Waals surface area contributed by atoms with Gasteiger partial charge in [0.1, 0.15) is 23.3 Å². The fourth-order valence-electron chi connectivity index (χ4n) is 6.64. The van der Waals surface area contributed by atoms with Gasteiger partial charge >= 0.3 is 8.72 Å². The summed E-state index contributed by atoms with van der Waals surface area (Å²) in [7, 11) is -3.98. The maximum Gasteiger partial charge on any atom is 0.521 e. The molecule has 0 aliphatic carbocycles. The molecule has 4 nitrogen and oxygen atoms in total. The summed E-state index contributed by atoms with van der Waals surface area (Å²) >= 11 is 0. The molecule has 0 unspecified atom stereocenters. The lowest BCUT2D eigenvalue weighted by molar-refractivity contribution is 0.628. The van der Waals surface area contributed by atoms with Crippen LogP contribution in [0.3, 0.4) is 0 Å². The van der Waals surface area contributed by atoms with E-state index in [0.717, 1.165) is 22.7 Å². The van der Waals surface area contributed by atoms with Crippen molar-refractivity contribution in [3.05, 3.63) is 169 Å². The smallest absolute Gasteiger partial charge is 0.313 e. The van der Waals surface area contributed by atoms with Crippen molar-refractivity contribution in [3.63, 3.8) is 0 Å². The predicted octanol–water partition coefficient (Wildman–Crippen LogP) is 9.96. The molecule has 2 aliphatic heterocycles. The second-order valence-electron chi connectivity index (χ2n) is 10.8. The van der Waals surface area contributed by atoms with Crippen molar-refractivity contribution in [2.24, 2.45) is 0 Å². The topological polar surface area (TPSA) is 13.0 Å². The van der Waals surface area contributed by atoms with Gasteiger partial charge in [-0.15, -0.1) is 0 Å². The Bertz CT molecular complexity index is 1790. The second kappa shape index (κ2) is 10.3. The Morgan fingerprint density at radius 3 is 0.778 bits per heavy atom. The molecule has 0 fully saturated rings. The average molecular weight is 617 g/mol. The number of rotatable bonds is 4. The van der Waals surface area contributed by atoms with Gasteiger partial charge in [-0.3, -0.25) is 0 Å². The van der Waals surface area contributed by atoms with Crippen LogP contribution in [0.15, 0.2) is 146 Å². The molecule has 1 spiro atoms. The molecule has 0 amide bonds. The van der Waals surface area contributed by atoms with Gasteiger partial charge in [-0.25, -0.2) is 17.6 Å². The second-order valence-corrected chi connectivity index (χ2v) is 13.8. The maximum atomic E-state index is 15.2. The highest BCUT2D eigenvalue weighted by Gasteiger charge is 2.69. The van der Waals surface area contributed by atoms with E-state index in [-0.39, 0.29) is 0 Å². The molecule has 0 saturated carbocycles. The largest absolute Gasteiger partial charge is 0.521 e. The molecule has 2 aliphatic rings. The molecule has 0 atom stereocenters. The molecule has 0 N–H and O–H groups in total. The van der Waals surface area contributed by atoms with Gasteiger partial charge in [-0.2, -0.15) is 0 Å². The Labute approximate surface area is 258 Å². The first-order valence-corrected chi connectivity index (χ1v) is 16.2. The molecule has 9 heteroatoms. The van der Waals surface area contributed by atoms with Crippen molar-refractivity contribution >= 4 is 54.2 Å². The van der Waals surface area contributed by atoms with Crippen LogP contribution >= 0.6 is 0 Å². The van der Waals surface area contributed by atoms with Crippen molar-refractivity contribution in [3.8, 4) is 0 Å². The van der Waals surface area contributed by atoms with Crippen molar-refractivity contribution in [1.82, 2.24) is 0 Å². The highest BCUT2D eigenvalue weighted by Crippen LogP contribution is 2.61. The number of nitrogens with zero attached hydrogens (tertiary/aromatic N) is 4. The Morgan fingerprint density at radius 1 is 0.311 bits per heavy atom. The summed E-state index contributed by atoms with van der Waals surface area (Å²) in [6, 6.07) is 40.5. The van der Waals surface area contributed by atoms with Crippen LogP contribution in [0.25, 0.3) is 0 Å². The van der Waals surface area contributed by atoms with Crippen LogP contribution in [0.5, 0.6) is 0 Å². The Kier molecular flexibility index (Phi) is 6.17. The monoisotopic (exact) mass is 616 g/mol. The minimum Gasteiger partial charge on any atom is -0.313 e. The van der Waals surface area contributed by atoms with Crippen LogP contribution < -0.4 is 18.3 Å². The van der Waals surface area contributed by atoms with E-state index in [1.807, 2.05) is 72.8 Å². The van der Waals surface area contributed by atoms with E-state index < -0.39 is 32.0 Å². The Balaban J connectivity index is 1.58. The molecule has 220 valence electrons. The zero-order valence-corrected chi connectivity index (χ0v) is 24.7. The van der Waals surface area contributed by atoms with E-state index in [9.17, 15) is 0 Å². The highest BCUT2D eigenvalue weighted by atomic mass is 28.4. The third-order valence-electron chi connectivity index (χ3n) is 8.19. The SMILES string of the molecule is Fc1cccc(N2c3ccccc3N(c3cccc(F)c3)[Si]23N(c2cccc(F)c2)c2ccccc2N3c2cccc(F)c2)c1. The first-order chi connectivity index (χ1) is 22.0. The molecule has 2 heterocycles. The normalized spacial score (nSPS) is 14.7. The van der Waals surface area contributed by atoms with Crippen molar-refractivity contribution in [2.75, 3.05) is 18.3 Å². The molecule has 0 bridgehead atoms. The van der Waals surface area contributed by atoms with E-state index in [0.29, 0.717) is 22.7 Å². The van der Waals surface area contributed by atoms with Crippen molar-refractivity contribution in [2.45, 2.75) is 0 Å². The van der Waals surface area contributed by atoms with E-state index in [4.69, 9.17) is 0 Å². The van der Waals surface area contributed by atoms with Gasteiger partial charge in [-0.05, 0) is 97.1 Å². The zero-order chi connectivity index (χ0) is 30.7. The number of hydrogen-bond donors (Lipinski definition) is 0. The Hall–Kier alpha value is -5.54. The van der Waals surface area contributed by atoms with Crippen LogP contribution in [0.2, 0.25) is 0 Å². The minimum absolute atomic E-state index is 0.441. The molecule has 0 aromatic heterocycles. The molecule has 6 aromatic carbocycles. The minimum atomic E-state index is -3.98. The number of benzene rings is 6. The third kappa shape index (κ3) is 4.04. The summed E-state index contributed by atoms with van der Waals surface area (Å²) in [6.45, 7) is 0. The third-order valence-corrected chi connectivity index (χ3v) is 12.6. The van der Waals surface area contributed by atoms with Gasteiger partial charge in [0, 0.05) is 22.7 Å². The number of hydrogen-bond acceptors (Lipinski definition) is 4. The maximum absolute atomic E-state index is 15.2.